The van der Waals surface area contributed by atoms with Gasteiger partial charge in [0.25, 0.3) is 11.8 Å². The molecule has 0 saturated carbocycles. The van der Waals surface area contributed by atoms with Crippen LogP contribution in [0, 0.1) is 17.0 Å². The van der Waals surface area contributed by atoms with Gasteiger partial charge in [-0.15, -0.1) is 0 Å². The van der Waals surface area contributed by atoms with E-state index in [2.05, 4.69) is 22.9 Å². The lowest BCUT2D eigenvalue weighted by Gasteiger charge is -2.41. The van der Waals surface area contributed by atoms with Crippen molar-refractivity contribution in [1.82, 2.24) is 10.2 Å². The van der Waals surface area contributed by atoms with E-state index in [4.69, 9.17) is 10.1 Å². The zero-order valence-corrected chi connectivity index (χ0v) is 18.2. The number of carbonyl (C=O) groups is 1. The van der Waals surface area contributed by atoms with Crippen LogP contribution in [-0.2, 0) is 4.79 Å². The number of nitrogens with zero attached hydrogens (tertiary/aromatic N) is 2. The van der Waals surface area contributed by atoms with E-state index in [9.17, 15) is 22.4 Å². The largest absolute Gasteiger partial charge is 0.487 e. The Hall–Kier alpha value is -2.82. The highest BCUT2D eigenvalue weighted by Gasteiger charge is 2.40. The molecule has 174 valence electrons. The summed E-state index contributed by atoms with van der Waals surface area (Å²) >= 11 is 0.855. The average molecular weight is 473 g/mol. The van der Waals surface area contributed by atoms with Gasteiger partial charge in [-0.25, -0.2) is 22.0 Å². The van der Waals surface area contributed by atoms with E-state index in [1.807, 2.05) is 0 Å². The summed E-state index contributed by atoms with van der Waals surface area (Å²) in [7, 11) is 0. The average Bonchev–Trinajstić information content (AvgIpc) is 2.71. The molecule has 1 fully saturated rings. The Kier molecular flexibility index (Phi) is 8.88. The van der Waals surface area contributed by atoms with Crippen molar-refractivity contribution in [3.63, 3.8) is 0 Å². The standard InChI is InChI=1S/C21H24F4N4O2S/c1-4-18(21(24,25)8-9-26)27-20(30)19(28-32-5-2)13(3)29-11-15(12-29)31-14-6-7-16(22)17(23)10-14/h5-7,9-10,15,18,26H,2-4,8,11-12H2,1H3,(H,27,30)/b26-9?,28-19+. The number of carbonyl (C=O) groups excluding carboxylic acids is 1. The van der Waals surface area contributed by atoms with E-state index in [-0.39, 0.29) is 42.8 Å². The van der Waals surface area contributed by atoms with Crippen LogP contribution in [0.15, 0.2) is 46.9 Å². The number of likely N-dealkylation sites (tertiary alicyclic amines) is 1. The molecule has 0 spiro atoms. The highest BCUT2D eigenvalue weighted by Crippen LogP contribution is 2.26. The molecule has 6 nitrogen and oxygen atoms in total. The molecule has 1 aliphatic rings. The first-order valence-corrected chi connectivity index (χ1v) is 10.5. The van der Waals surface area contributed by atoms with Crippen molar-refractivity contribution >= 4 is 29.8 Å². The maximum absolute atomic E-state index is 14.2. The molecule has 0 radical (unpaired) electrons. The van der Waals surface area contributed by atoms with Crippen molar-refractivity contribution in [3.05, 3.63) is 54.1 Å². The minimum atomic E-state index is -3.29. The second-order valence-corrected chi connectivity index (χ2v) is 7.71. The molecule has 1 aromatic rings. The fraction of sp³-hybridized carbons (Fsp3) is 0.381. The van der Waals surface area contributed by atoms with Gasteiger partial charge in [-0.3, -0.25) is 4.79 Å². The zero-order valence-electron chi connectivity index (χ0n) is 17.4. The second-order valence-electron chi connectivity index (χ2n) is 6.98. The normalized spacial score (nSPS) is 15.5. The molecule has 11 heteroatoms. The monoisotopic (exact) mass is 472 g/mol. The molecule has 1 unspecified atom stereocenters. The van der Waals surface area contributed by atoms with Crippen LogP contribution in [-0.4, -0.2) is 53.9 Å². The van der Waals surface area contributed by atoms with E-state index in [0.29, 0.717) is 6.21 Å². The summed E-state index contributed by atoms with van der Waals surface area (Å²) in [4.78, 5) is 14.4. The van der Waals surface area contributed by atoms with Crippen LogP contribution in [0.2, 0.25) is 0 Å². The van der Waals surface area contributed by atoms with Gasteiger partial charge >= 0.3 is 0 Å². The van der Waals surface area contributed by atoms with Crippen molar-refractivity contribution in [2.24, 2.45) is 4.40 Å². The Morgan fingerprint density at radius 2 is 2.12 bits per heavy atom. The first-order valence-electron chi connectivity index (χ1n) is 9.71. The van der Waals surface area contributed by atoms with Crippen LogP contribution < -0.4 is 10.1 Å². The van der Waals surface area contributed by atoms with Gasteiger partial charge in [0.2, 0.25) is 0 Å². The molecule has 1 atom stereocenters. The Bertz CT molecular complexity index is 904. The maximum atomic E-state index is 14.2. The molecule has 2 rings (SSSR count). The van der Waals surface area contributed by atoms with Crippen molar-refractivity contribution in [2.75, 3.05) is 13.1 Å². The molecular weight excluding hydrogens is 448 g/mol. The number of benzene rings is 1. The van der Waals surface area contributed by atoms with E-state index in [1.165, 1.54) is 18.4 Å². The van der Waals surface area contributed by atoms with Crippen LogP contribution in [0.5, 0.6) is 5.75 Å². The van der Waals surface area contributed by atoms with Crippen molar-refractivity contribution in [2.45, 2.75) is 37.8 Å². The summed E-state index contributed by atoms with van der Waals surface area (Å²) in [6, 6.07) is 1.72. The fourth-order valence-corrected chi connectivity index (χ4v) is 3.32. The molecule has 32 heavy (non-hydrogen) atoms. The minimum absolute atomic E-state index is 0.0468. The van der Waals surface area contributed by atoms with Crippen LogP contribution in [0.25, 0.3) is 0 Å². The third-order valence-corrected chi connectivity index (χ3v) is 5.17. The van der Waals surface area contributed by atoms with E-state index in [0.717, 1.165) is 24.1 Å². The molecule has 1 amide bonds. The van der Waals surface area contributed by atoms with Crippen LogP contribution in [0.1, 0.15) is 19.8 Å². The van der Waals surface area contributed by atoms with Crippen molar-refractivity contribution in [1.29, 1.82) is 5.41 Å². The summed E-state index contributed by atoms with van der Waals surface area (Å²) in [5.41, 5.74) is 0.0532. The number of hydrogen-bond acceptors (Lipinski definition) is 6. The third-order valence-electron chi connectivity index (χ3n) is 4.73. The lowest BCUT2D eigenvalue weighted by Crippen LogP contribution is -2.56. The number of nitrogens with one attached hydrogen (secondary N) is 2. The van der Waals surface area contributed by atoms with E-state index < -0.39 is 35.9 Å². The SMILES string of the molecule is C=CS/N=C(\C(=C)N1CC(Oc2ccc(F)c(F)c2)C1)C(=O)NC(CC)C(F)(F)CC=N. The van der Waals surface area contributed by atoms with Gasteiger partial charge in [0.15, 0.2) is 17.3 Å². The molecule has 1 heterocycles. The smallest absolute Gasteiger partial charge is 0.273 e. The molecule has 2 N–H and O–H groups in total. The van der Waals surface area contributed by atoms with E-state index in [1.54, 1.807) is 4.90 Å². The first-order chi connectivity index (χ1) is 15.1. The number of alkyl halides is 2. The first kappa shape index (κ1) is 25.4. The Morgan fingerprint density at radius 1 is 1.44 bits per heavy atom. The molecular formula is C21H24F4N4O2S. The molecule has 1 aromatic carbocycles. The van der Waals surface area contributed by atoms with Gasteiger partial charge < -0.3 is 20.4 Å². The Labute approximate surface area is 188 Å². The highest BCUT2D eigenvalue weighted by molar-refractivity contribution is 8.01. The highest BCUT2D eigenvalue weighted by atomic mass is 32.2. The predicted octanol–water partition coefficient (Wildman–Crippen LogP) is 4.34. The van der Waals surface area contributed by atoms with Gasteiger partial charge in [0, 0.05) is 30.6 Å². The van der Waals surface area contributed by atoms with Gasteiger partial charge in [0.1, 0.15) is 11.9 Å². The summed E-state index contributed by atoms with van der Waals surface area (Å²) in [5.74, 6) is -5.97. The summed E-state index contributed by atoms with van der Waals surface area (Å²) in [5, 5.41) is 10.6. The molecule has 0 aromatic heterocycles. The van der Waals surface area contributed by atoms with Gasteiger partial charge in [0.05, 0.1) is 24.8 Å². The van der Waals surface area contributed by atoms with Gasteiger partial charge in [-0.1, -0.05) is 20.1 Å². The molecule has 0 aliphatic carbocycles. The number of amides is 1. The quantitative estimate of drug-likeness (QED) is 0.270. The summed E-state index contributed by atoms with van der Waals surface area (Å²) in [6.07, 6.45) is -0.609. The fourth-order valence-electron chi connectivity index (χ4n) is 2.95. The van der Waals surface area contributed by atoms with Crippen molar-refractivity contribution in [3.8, 4) is 5.75 Å². The minimum Gasteiger partial charge on any atom is -0.487 e. The lowest BCUT2D eigenvalue weighted by molar-refractivity contribution is -0.119. The maximum Gasteiger partial charge on any atom is 0.273 e. The molecule has 1 saturated heterocycles. The van der Waals surface area contributed by atoms with Gasteiger partial charge in [-0.2, -0.15) is 0 Å². The zero-order chi connectivity index (χ0) is 23.9. The third kappa shape index (κ3) is 6.35. The van der Waals surface area contributed by atoms with Crippen molar-refractivity contribution < 1.29 is 27.1 Å². The summed E-state index contributed by atoms with van der Waals surface area (Å²) in [6.45, 7) is 9.42. The predicted molar refractivity (Wildman–Crippen MR) is 117 cm³/mol. The van der Waals surface area contributed by atoms with Crippen LogP contribution >= 0.6 is 11.9 Å². The number of ether oxygens (including phenoxy) is 1. The number of hydrogen-bond donors (Lipinski definition) is 2. The Balaban J connectivity index is 2.03. The topological polar surface area (TPSA) is 77.8 Å². The Morgan fingerprint density at radius 3 is 2.69 bits per heavy atom. The second kappa shape index (κ2) is 11.2. The molecule has 0 bridgehead atoms. The number of rotatable bonds is 12. The lowest BCUT2D eigenvalue weighted by atomic mass is 10.0. The molecule has 1 aliphatic heterocycles. The summed E-state index contributed by atoms with van der Waals surface area (Å²) < 4.78 is 64.3. The van der Waals surface area contributed by atoms with Gasteiger partial charge in [-0.05, 0) is 24.0 Å². The van der Waals surface area contributed by atoms with Crippen LogP contribution in [0.4, 0.5) is 17.6 Å². The van der Waals surface area contributed by atoms with Crippen LogP contribution in [0.3, 0.4) is 0 Å². The number of halogens is 4. The van der Waals surface area contributed by atoms with E-state index >= 15 is 0 Å².